The van der Waals surface area contributed by atoms with E-state index in [2.05, 4.69) is 39.7 Å². The Morgan fingerprint density at radius 3 is 2.64 bits per heavy atom. The summed E-state index contributed by atoms with van der Waals surface area (Å²) in [5.41, 5.74) is 0.692. The molecule has 0 saturated carbocycles. The van der Waals surface area contributed by atoms with Crippen LogP contribution in [0.2, 0.25) is 0 Å². The van der Waals surface area contributed by atoms with Gasteiger partial charge in [-0.2, -0.15) is 0 Å². The van der Waals surface area contributed by atoms with Crippen molar-refractivity contribution in [3.05, 3.63) is 64.6 Å². The maximum atomic E-state index is 13.0. The lowest BCUT2D eigenvalue weighted by Crippen LogP contribution is -2.53. The van der Waals surface area contributed by atoms with Crippen LogP contribution in [0.15, 0.2) is 54.9 Å². The highest BCUT2D eigenvalue weighted by Crippen LogP contribution is 2.36. The molecule has 0 aliphatic carbocycles. The normalized spacial score (nSPS) is 17.6. The van der Waals surface area contributed by atoms with E-state index in [1.807, 2.05) is 18.2 Å². The maximum absolute atomic E-state index is 13.0. The second kappa shape index (κ2) is 11.4. The average molecular weight is 549 g/mol. The summed E-state index contributed by atoms with van der Waals surface area (Å²) in [5, 5.41) is 9.85. The molecule has 3 N–H and O–H groups in total. The fourth-order valence-corrected chi connectivity index (χ4v) is 5.85. The molecule has 39 heavy (non-hydrogen) atoms. The maximum Gasteiger partial charge on any atom is 0.325 e. The molecule has 1 fully saturated rings. The Hall–Kier alpha value is -3.93. The van der Waals surface area contributed by atoms with Crippen LogP contribution in [0, 0.1) is 0 Å². The first-order chi connectivity index (χ1) is 18.8. The number of rotatable bonds is 7. The summed E-state index contributed by atoms with van der Waals surface area (Å²) in [4.78, 5) is 33.6. The van der Waals surface area contributed by atoms with Gasteiger partial charge < -0.3 is 25.4 Å². The van der Waals surface area contributed by atoms with Gasteiger partial charge in [0.2, 0.25) is 0 Å². The second-order valence-electron chi connectivity index (χ2n) is 9.66. The Balaban J connectivity index is 1.27. The third-order valence-electron chi connectivity index (χ3n) is 6.51. The van der Waals surface area contributed by atoms with E-state index in [-0.39, 0.29) is 11.9 Å². The summed E-state index contributed by atoms with van der Waals surface area (Å²) >= 11 is 1.49. The number of pyridine rings is 1. The summed E-state index contributed by atoms with van der Waals surface area (Å²) in [6.07, 6.45) is 3.26. The minimum absolute atomic E-state index is 0.215. The molecule has 1 aliphatic heterocycles. The molecule has 11 heteroatoms. The lowest BCUT2D eigenvalue weighted by atomic mass is 10.1. The summed E-state index contributed by atoms with van der Waals surface area (Å²) in [6.45, 7) is 7.18. The van der Waals surface area contributed by atoms with Crippen molar-refractivity contribution < 1.29 is 19.1 Å². The van der Waals surface area contributed by atoms with Gasteiger partial charge in [0.15, 0.2) is 11.5 Å². The van der Waals surface area contributed by atoms with Gasteiger partial charge in [-0.3, -0.25) is 14.3 Å². The van der Waals surface area contributed by atoms with Crippen LogP contribution < -0.4 is 25.4 Å². The Morgan fingerprint density at radius 1 is 1.10 bits per heavy atom. The highest BCUT2D eigenvalue weighted by molar-refractivity contribution is 7.14. The van der Waals surface area contributed by atoms with E-state index in [9.17, 15) is 9.59 Å². The number of fused-ring (bicyclic) bond motifs is 1. The molecule has 4 heterocycles. The largest absolute Gasteiger partial charge is 0.493 e. The van der Waals surface area contributed by atoms with E-state index in [4.69, 9.17) is 9.47 Å². The monoisotopic (exact) mass is 548 g/mol. The summed E-state index contributed by atoms with van der Waals surface area (Å²) in [5.74, 6) is 1.59. The summed E-state index contributed by atoms with van der Waals surface area (Å²) < 4.78 is 13.1. The third-order valence-corrected chi connectivity index (χ3v) is 7.58. The van der Waals surface area contributed by atoms with Gasteiger partial charge in [-0.15, -0.1) is 11.3 Å². The molecule has 0 spiro atoms. The number of nitrogens with zero attached hydrogens (tertiary/aromatic N) is 3. The molecule has 10 nitrogen and oxygen atoms in total. The molecule has 2 atom stereocenters. The van der Waals surface area contributed by atoms with E-state index in [1.165, 1.54) is 23.0 Å². The lowest BCUT2D eigenvalue weighted by Gasteiger charge is -2.35. The Kier molecular flexibility index (Phi) is 7.82. The van der Waals surface area contributed by atoms with Crippen molar-refractivity contribution in [2.75, 3.05) is 32.6 Å². The zero-order chi connectivity index (χ0) is 27.5. The smallest absolute Gasteiger partial charge is 0.325 e. The average Bonchev–Trinajstić information content (AvgIpc) is 3.54. The number of hydrogen-bond acceptors (Lipinski definition) is 8. The van der Waals surface area contributed by atoms with Gasteiger partial charge in [-0.1, -0.05) is 0 Å². The standard InChI is InChI=1S/C28H32N6O4S/c1-17-14-33(15-18(2)31-17)16-21-5-6-25(39-21)27(35)32-26-12-20(7-9-30-26)38-24-11-19-8-10-34(28(36)29-3)22(19)13-23(24)37-4/h5-13,17-18,31H,14-16H2,1-4H3,(H,29,36)(H,30,32,35)/t17-,18+. The van der Waals surface area contributed by atoms with Crippen molar-refractivity contribution in [3.8, 4) is 17.2 Å². The number of carbonyl (C=O) groups excluding carboxylic acids is 2. The van der Waals surface area contributed by atoms with Crippen LogP contribution in [0.25, 0.3) is 10.9 Å². The Bertz CT molecular complexity index is 1490. The van der Waals surface area contributed by atoms with Gasteiger partial charge in [0.25, 0.3) is 5.91 Å². The van der Waals surface area contributed by atoms with Crippen molar-refractivity contribution in [2.45, 2.75) is 32.5 Å². The number of anilines is 1. The predicted octanol–water partition coefficient (Wildman–Crippen LogP) is 4.52. The quantitative estimate of drug-likeness (QED) is 0.312. The van der Waals surface area contributed by atoms with E-state index < -0.39 is 0 Å². The first-order valence-electron chi connectivity index (χ1n) is 12.8. The van der Waals surface area contributed by atoms with Crippen LogP contribution in [0.1, 0.15) is 28.4 Å². The van der Waals surface area contributed by atoms with Crippen LogP contribution in [-0.2, 0) is 6.54 Å². The molecule has 0 radical (unpaired) electrons. The number of nitrogens with one attached hydrogen (secondary N) is 3. The fourth-order valence-electron chi connectivity index (χ4n) is 4.90. The Morgan fingerprint density at radius 2 is 1.90 bits per heavy atom. The van der Waals surface area contributed by atoms with Gasteiger partial charge in [0, 0.05) is 73.6 Å². The Labute approximate surface area is 230 Å². The van der Waals surface area contributed by atoms with Crippen molar-refractivity contribution in [3.63, 3.8) is 0 Å². The molecule has 5 rings (SSSR count). The number of amides is 2. The minimum Gasteiger partial charge on any atom is -0.493 e. The van der Waals surface area contributed by atoms with Gasteiger partial charge in [0.1, 0.15) is 11.6 Å². The molecule has 1 saturated heterocycles. The van der Waals surface area contributed by atoms with Gasteiger partial charge >= 0.3 is 6.03 Å². The van der Waals surface area contributed by atoms with Crippen LogP contribution in [-0.4, -0.2) is 65.7 Å². The van der Waals surface area contributed by atoms with Crippen molar-refractivity contribution in [1.82, 2.24) is 25.1 Å². The number of aromatic nitrogens is 2. The molecule has 1 aliphatic rings. The van der Waals surface area contributed by atoms with Crippen LogP contribution in [0.5, 0.6) is 17.2 Å². The van der Waals surface area contributed by atoms with E-state index in [0.29, 0.717) is 45.5 Å². The molecule has 204 valence electrons. The molecule has 4 aromatic rings. The number of benzene rings is 1. The van der Waals surface area contributed by atoms with Crippen molar-refractivity contribution in [2.24, 2.45) is 0 Å². The number of ether oxygens (including phenoxy) is 2. The fraction of sp³-hybridized carbons (Fsp3) is 0.321. The highest BCUT2D eigenvalue weighted by atomic mass is 32.1. The lowest BCUT2D eigenvalue weighted by molar-refractivity contribution is 0.103. The number of piperazine rings is 1. The minimum atomic E-state index is -0.249. The van der Waals surface area contributed by atoms with Crippen LogP contribution in [0.4, 0.5) is 10.6 Å². The predicted molar refractivity (Wildman–Crippen MR) is 152 cm³/mol. The first-order valence-corrected chi connectivity index (χ1v) is 13.6. The van der Waals surface area contributed by atoms with Crippen LogP contribution in [0.3, 0.4) is 0 Å². The highest BCUT2D eigenvalue weighted by Gasteiger charge is 2.22. The summed E-state index contributed by atoms with van der Waals surface area (Å²) in [6, 6.07) is 13.3. The van der Waals surface area contributed by atoms with Crippen molar-refractivity contribution >= 4 is 40.0 Å². The topological polar surface area (TPSA) is 110 Å². The zero-order valence-corrected chi connectivity index (χ0v) is 23.2. The second-order valence-corrected chi connectivity index (χ2v) is 10.8. The van der Waals surface area contributed by atoms with E-state index in [1.54, 1.807) is 43.7 Å². The van der Waals surface area contributed by atoms with Gasteiger partial charge in [-0.05, 0) is 44.2 Å². The van der Waals surface area contributed by atoms with E-state index in [0.717, 1.165) is 29.9 Å². The third kappa shape index (κ3) is 6.06. The summed E-state index contributed by atoms with van der Waals surface area (Å²) in [7, 11) is 3.12. The van der Waals surface area contributed by atoms with Crippen LogP contribution >= 0.6 is 11.3 Å². The number of thiophene rings is 1. The number of carbonyl (C=O) groups is 2. The molecule has 0 unspecified atom stereocenters. The molecule has 0 bridgehead atoms. The molecular formula is C28H32N6O4S. The molecule has 3 aromatic heterocycles. The number of hydrogen-bond donors (Lipinski definition) is 3. The first kappa shape index (κ1) is 26.7. The molecule has 1 aromatic carbocycles. The number of methoxy groups -OCH3 is 1. The van der Waals surface area contributed by atoms with Gasteiger partial charge in [-0.25, -0.2) is 9.78 Å². The molecular weight excluding hydrogens is 516 g/mol. The SMILES string of the molecule is CNC(=O)n1ccc2cc(Oc3ccnc(NC(=O)c4ccc(CN5C[C@@H](C)N[C@@H](C)C5)s4)c3)c(OC)cc21. The van der Waals surface area contributed by atoms with Gasteiger partial charge in [0.05, 0.1) is 17.5 Å². The zero-order valence-electron chi connectivity index (χ0n) is 22.4. The molecule has 2 amide bonds. The van der Waals surface area contributed by atoms with E-state index >= 15 is 0 Å². The van der Waals surface area contributed by atoms with Crippen molar-refractivity contribution in [1.29, 1.82) is 0 Å².